The highest BCUT2D eigenvalue weighted by Crippen LogP contribution is 2.71. The maximum absolute atomic E-state index is 10.8. The predicted octanol–water partition coefficient (Wildman–Crippen LogP) is 2.52. The molecule has 16 heavy (non-hydrogen) atoms. The van der Waals surface area contributed by atoms with Crippen LogP contribution in [-0.2, 0) is 0 Å². The SMILES string of the molecule is CN(C)CC[C@]12CC[C@H](C[C@@]1(C)O)C2(C)C. The molecular formula is C14H27NO. The Morgan fingerprint density at radius 2 is 1.88 bits per heavy atom. The minimum Gasteiger partial charge on any atom is -0.390 e. The minimum absolute atomic E-state index is 0.148. The monoisotopic (exact) mass is 225 g/mol. The Morgan fingerprint density at radius 3 is 2.25 bits per heavy atom. The molecule has 2 rings (SSSR count). The Labute approximate surface area is 100 Å². The van der Waals surface area contributed by atoms with Crippen molar-refractivity contribution in [3.05, 3.63) is 0 Å². The van der Waals surface area contributed by atoms with E-state index < -0.39 is 5.60 Å². The highest BCUT2D eigenvalue weighted by molar-refractivity contribution is 5.18. The summed E-state index contributed by atoms with van der Waals surface area (Å²) in [6.07, 6.45) is 4.67. The standard InChI is InChI=1S/C14H27NO/c1-12(2)11-6-7-14(12,8-9-15(4)5)13(3,16)10-11/h11,16H,6-10H2,1-5H3/t11-,13-,14+/m1/s1. The first-order valence-corrected chi connectivity index (χ1v) is 6.60. The number of rotatable bonds is 3. The van der Waals surface area contributed by atoms with Crippen LogP contribution in [0.25, 0.3) is 0 Å². The van der Waals surface area contributed by atoms with Crippen molar-refractivity contribution in [2.24, 2.45) is 16.7 Å². The van der Waals surface area contributed by atoms with Gasteiger partial charge >= 0.3 is 0 Å². The molecule has 1 N–H and O–H groups in total. The normalized spacial score (nSPS) is 45.6. The van der Waals surface area contributed by atoms with E-state index in [0.717, 1.165) is 25.3 Å². The van der Waals surface area contributed by atoms with Crippen LogP contribution >= 0.6 is 0 Å². The molecule has 0 heterocycles. The molecule has 0 aromatic rings. The molecule has 3 atom stereocenters. The van der Waals surface area contributed by atoms with Crippen molar-refractivity contribution in [3.8, 4) is 0 Å². The summed E-state index contributed by atoms with van der Waals surface area (Å²) in [5, 5.41) is 10.8. The summed E-state index contributed by atoms with van der Waals surface area (Å²) >= 11 is 0. The van der Waals surface area contributed by atoms with Gasteiger partial charge in [-0.15, -0.1) is 0 Å². The van der Waals surface area contributed by atoms with Gasteiger partial charge in [0.1, 0.15) is 0 Å². The van der Waals surface area contributed by atoms with Gasteiger partial charge in [-0.05, 0) is 64.6 Å². The summed E-state index contributed by atoms with van der Waals surface area (Å²) < 4.78 is 0. The van der Waals surface area contributed by atoms with E-state index in [1.54, 1.807) is 0 Å². The molecule has 0 amide bonds. The maximum Gasteiger partial charge on any atom is 0.0684 e. The van der Waals surface area contributed by atoms with Crippen LogP contribution in [-0.4, -0.2) is 36.2 Å². The Balaban J connectivity index is 2.27. The predicted molar refractivity (Wildman–Crippen MR) is 67.3 cm³/mol. The topological polar surface area (TPSA) is 23.5 Å². The molecule has 2 fully saturated rings. The molecule has 0 aromatic carbocycles. The first-order valence-electron chi connectivity index (χ1n) is 6.60. The van der Waals surface area contributed by atoms with Gasteiger partial charge in [-0.1, -0.05) is 13.8 Å². The van der Waals surface area contributed by atoms with Crippen LogP contribution in [0.15, 0.2) is 0 Å². The Hall–Kier alpha value is -0.0800. The van der Waals surface area contributed by atoms with Gasteiger partial charge in [-0.25, -0.2) is 0 Å². The van der Waals surface area contributed by atoms with Gasteiger partial charge in [-0.3, -0.25) is 0 Å². The molecule has 2 aliphatic rings. The second-order valence-corrected chi connectivity index (χ2v) is 7.07. The summed E-state index contributed by atoms with van der Waals surface area (Å²) in [5.74, 6) is 0.727. The second-order valence-electron chi connectivity index (χ2n) is 7.07. The number of fused-ring (bicyclic) bond motifs is 2. The van der Waals surface area contributed by atoms with Crippen LogP contribution in [0.2, 0.25) is 0 Å². The van der Waals surface area contributed by atoms with E-state index >= 15 is 0 Å². The van der Waals surface area contributed by atoms with Gasteiger partial charge in [0.15, 0.2) is 0 Å². The summed E-state index contributed by atoms with van der Waals surface area (Å²) in [7, 11) is 4.25. The van der Waals surface area contributed by atoms with Crippen LogP contribution in [0, 0.1) is 16.7 Å². The Morgan fingerprint density at radius 1 is 1.25 bits per heavy atom. The van der Waals surface area contributed by atoms with Crippen molar-refractivity contribution in [1.29, 1.82) is 0 Å². The van der Waals surface area contributed by atoms with Crippen LogP contribution in [0.1, 0.15) is 46.5 Å². The quantitative estimate of drug-likeness (QED) is 0.798. The van der Waals surface area contributed by atoms with Crippen LogP contribution < -0.4 is 0 Å². The first-order chi connectivity index (χ1) is 7.23. The molecule has 0 unspecified atom stereocenters. The summed E-state index contributed by atoms with van der Waals surface area (Å²) in [6.45, 7) is 7.92. The fourth-order valence-electron chi connectivity index (χ4n) is 4.62. The Bertz CT molecular complexity index is 282. The van der Waals surface area contributed by atoms with Crippen molar-refractivity contribution in [1.82, 2.24) is 4.90 Å². The molecule has 0 aliphatic heterocycles. The van der Waals surface area contributed by atoms with Gasteiger partial charge in [0.05, 0.1) is 5.60 Å². The van der Waals surface area contributed by atoms with E-state index in [1.165, 1.54) is 12.8 Å². The highest BCUT2D eigenvalue weighted by atomic mass is 16.3. The lowest BCUT2D eigenvalue weighted by molar-refractivity contribution is -0.0936. The molecule has 2 bridgehead atoms. The zero-order valence-corrected chi connectivity index (χ0v) is 11.5. The van der Waals surface area contributed by atoms with Crippen molar-refractivity contribution >= 4 is 0 Å². The third kappa shape index (κ3) is 1.39. The zero-order valence-electron chi connectivity index (χ0n) is 11.5. The highest BCUT2D eigenvalue weighted by Gasteiger charge is 2.68. The minimum atomic E-state index is -0.449. The average molecular weight is 225 g/mol. The molecule has 2 saturated carbocycles. The van der Waals surface area contributed by atoms with Crippen molar-refractivity contribution < 1.29 is 5.11 Å². The molecular weight excluding hydrogens is 198 g/mol. The number of aliphatic hydroxyl groups is 1. The lowest BCUT2D eigenvalue weighted by Gasteiger charge is -2.47. The Kier molecular flexibility index (Phi) is 2.67. The lowest BCUT2D eigenvalue weighted by Crippen LogP contribution is -2.48. The molecule has 0 saturated heterocycles. The van der Waals surface area contributed by atoms with Crippen LogP contribution in [0.4, 0.5) is 0 Å². The van der Waals surface area contributed by atoms with Gasteiger partial charge in [0.25, 0.3) is 0 Å². The number of hydrogen-bond donors (Lipinski definition) is 1. The largest absolute Gasteiger partial charge is 0.390 e. The molecule has 0 aromatic heterocycles. The van der Waals surface area contributed by atoms with Crippen molar-refractivity contribution in [2.75, 3.05) is 20.6 Å². The third-order valence-electron chi connectivity index (χ3n) is 5.83. The zero-order chi connectivity index (χ0) is 12.2. The van der Waals surface area contributed by atoms with Crippen molar-refractivity contribution in [3.63, 3.8) is 0 Å². The molecule has 2 nitrogen and oxygen atoms in total. The van der Waals surface area contributed by atoms with E-state index in [2.05, 4.69) is 39.8 Å². The fraction of sp³-hybridized carbons (Fsp3) is 1.00. The summed E-state index contributed by atoms with van der Waals surface area (Å²) in [5.41, 5.74) is 0.0108. The molecule has 2 heteroatoms. The van der Waals surface area contributed by atoms with Crippen molar-refractivity contribution in [2.45, 2.75) is 52.1 Å². The van der Waals surface area contributed by atoms with Gasteiger partial charge in [0.2, 0.25) is 0 Å². The molecule has 0 spiro atoms. The number of nitrogens with zero attached hydrogens (tertiary/aromatic N) is 1. The van der Waals surface area contributed by atoms with Crippen LogP contribution in [0.5, 0.6) is 0 Å². The van der Waals surface area contributed by atoms with Crippen LogP contribution in [0.3, 0.4) is 0 Å². The summed E-state index contributed by atoms with van der Waals surface area (Å²) in [6, 6.07) is 0. The van der Waals surface area contributed by atoms with E-state index in [-0.39, 0.29) is 5.41 Å². The summed E-state index contributed by atoms with van der Waals surface area (Å²) in [4.78, 5) is 2.24. The fourth-order valence-corrected chi connectivity index (χ4v) is 4.62. The molecule has 0 radical (unpaired) electrons. The van der Waals surface area contributed by atoms with E-state index in [4.69, 9.17) is 0 Å². The number of hydrogen-bond acceptors (Lipinski definition) is 2. The van der Waals surface area contributed by atoms with Gasteiger partial charge in [-0.2, -0.15) is 0 Å². The average Bonchev–Trinajstić information content (AvgIpc) is 2.44. The second kappa shape index (κ2) is 3.46. The van der Waals surface area contributed by atoms with Gasteiger partial charge < -0.3 is 10.0 Å². The maximum atomic E-state index is 10.8. The smallest absolute Gasteiger partial charge is 0.0684 e. The van der Waals surface area contributed by atoms with Gasteiger partial charge in [0, 0.05) is 5.41 Å². The van der Waals surface area contributed by atoms with E-state index in [1.807, 2.05) is 0 Å². The lowest BCUT2D eigenvalue weighted by atomic mass is 9.61. The first kappa shape index (κ1) is 12.4. The van der Waals surface area contributed by atoms with E-state index in [9.17, 15) is 5.11 Å². The third-order valence-corrected chi connectivity index (χ3v) is 5.83. The molecule has 94 valence electrons. The molecule has 2 aliphatic carbocycles. The van der Waals surface area contributed by atoms with E-state index in [0.29, 0.717) is 5.41 Å².